The average molecular weight is 282 g/mol. The number of amides is 1. The SMILES string of the molecule is CC1(C(=O)N2CCCC(CCC(=O)O)C2)CCCNC1. The van der Waals surface area contributed by atoms with E-state index in [1.54, 1.807) is 0 Å². The molecule has 0 bridgehead atoms. The van der Waals surface area contributed by atoms with Gasteiger partial charge in [0.15, 0.2) is 0 Å². The zero-order valence-corrected chi connectivity index (χ0v) is 12.4. The van der Waals surface area contributed by atoms with Crippen LogP contribution in [0, 0.1) is 11.3 Å². The van der Waals surface area contributed by atoms with E-state index in [1.165, 1.54) is 0 Å². The average Bonchev–Trinajstić information content (AvgIpc) is 2.45. The third kappa shape index (κ3) is 3.72. The number of carboxylic acids is 1. The van der Waals surface area contributed by atoms with Crippen LogP contribution >= 0.6 is 0 Å². The molecule has 0 aromatic heterocycles. The normalized spacial score (nSPS) is 31.1. The number of aliphatic carboxylic acids is 1. The van der Waals surface area contributed by atoms with Gasteiger partial charge < -0.3 is 15.3 Å². The Morgan fingerprint density at radius 2 is 2.20 bits per heavy atom. The molecule has 20 heavy (non-hydrogen) atoms. The zero-order valence-electron chi connectivity index (χ0n) is 12.4. The number of rotatable bonds is 4. The minimum Gasteiger partial charge on any atom is -0.481 e. The maximum Gasteiger partial charge on any atom is 0.303 e. The lowest BCUT2D eigenvalue weighted by Crippen LogP contribution is -2.52. The van der Waals surface area contributed by atoms with Crippen LogP contribution < -0.4 is 5.32 Å². The largest absolute Gasteiger partial charge is 0.481 e. The fraction of sp³-hybridized carbons (Fsp3) is 0.867. The van der Waals surface area contributed by atoms with Gasteiger partial charge in [0.1, 0.15) is 0 Å². The monoisotopic (exact) mass is 282 g/mol. The lowest BCUT2D eigenvalue weighted by molar-refractivity contribution is -0.144. The Kier molecular flexibility index (Phi) is 5.02. The van der Waals surface area contributed by atoms with Gasteiger partial charge in [0.25, 0.3) is 0 Å². The molecular weight excluding hydrogens is 256 g/mol. The van der Waals surface area contributed by atoms with Crippen LogP contribution in [0.15, 0.2) is 0 Å². The quantitative estimate of drug-likeness (QED) is 0.819. The van der Waals surface area contributed by atoms with E-state index in [0.717, 1.165) is 51.9 Å². The molecule has 2 atom stereocenters. The minimum absolute atomic E-state index is 0.214. The van der Waals surface area contributed by atoms with Crippen molar-refractivity contribution in [3.05, 3.63) is 0 Å². The van der Waals surface area contributed by atoms with Crippen molar-refractivity contribution in [2.24, 2.45) is 11.3 Å². The molecule has 0 aromatic rings. The summed E-state index contributed by atoms with van der Waals surface area (Å²) in [6, 6.07) is 0. The van der Waals surface area contributed by atoms with Crippen molar-refractivity contribution in [2.75, 3.05) is 26.2 Å². The molecule has 2 aliphatic rings. The summed E-state index contributed by atoms with van der Waals surface area (Å²) < 4.78 is 0. The molecule has 0 radical (unpaired) electrons. The molecule has 114 valence electrons. The molecule has 2 N–H and O–H groups in total. The summed E-state index contributed by atoms with van der Waals surface area (Å²) in [5, 5.41) is 12.1. The Balaban J connectivity index is 1.90. The summed E-state index contributed by atoms with van der Waals surface area (Å²) in [6.07, 6.45) is 4.96. The third-order valence-electron chi connectivity index (χ3n) is 4.69. The molecule has 2 saturated heterocycles. The van der Waals surface area contributed by atoms with E-state index in [0.29, 0.717) is 12.3 Å². The lowest BCUT2D eigenvalue weighted by Gasteiger charge is -2.41. The maximum atomic E-state index is 12.7. The summed E-state index contributed by atoms with van der Waals surface area (Å²) in [5.74, 6) is -0.134. The van der Waals surface area contributed by atoms with Crippen LogP contribution in [0.5, 0.6) is 0 Å². The molecule has 0 aliphatic carbocycles. The van der Waals surface area contributed by atoms with Crippen molar-refractivity contribution in [2.45, 2.75) is 45.4 Å². The Morgan fingerprint density at radius 3 is 2.85 bits per heavy atom. The van der Waals surface area contributed by atoms with E-state index >= 15 is 0 Å². The van der Waals surface area contributed by atoms with Gasteiger partial charge in [-0.15, -0.1) is 0 Å². The topological polar surface area (TPSA) is 69.6 Å². The molecule has 0 aromatic carbocycles. The lowest BCUT2D eigenvalue weighted by atomic mass is 9.80. The van der Waals surface area contributed by atoms with Gasteiger partial charge in [-0.3, -0.25) is 9.59 Å². The van der Waals surface area contributed by atoms with Gasteiger partial charge in [0.05, 0.1) is 5.41 Å². The van der Waals surface area contributed by atoms with Crippen LogP contribution in [0.3, 0.4) is 0 Å². The van der Waals surface area contributed by atoms with Gasteiger partial charge >= 0.3 is 5.97 Å². The van der Waals surface area contributed by atoms with Crippen LogP contribution in [0.1, 0.15) is 45.4 Å². The fourth-order valence-corrected chi connectivity index (χ4v) is 3.43. The number of likely N-dealkylation sites (tertiary alicyclic amines) is 1. The number of hydrogen-bond donors (Lipinski definition) is 2. The van der Waals surface area contributed by atoms with Crippen LogP contribution in [0.4, 0.5) is 0 Å². The fourth-order valence-electron chi connectivity index (χ4n) is 3.43. The standard InChI is InChI=1S/C15H26N2O3/c1-15(7-3-8-16-11-15)14(20)17-9-2-4-12(10-17)5-6-13(18)19/h12,16H,2-11H2,1H3,(H,18,19). The van der Waals surface area contributed by atoms with Crippen molar-refractivity contribution in [3.8, 4) is 0 Å². The number of carbonyl (C=O) groups excluding carboxylic acids is 1. The molecule has 2 unspecified atom stereocenters. The third-order valence-corrected chi connectivity index (χ3v) is 4.69. The van der Waals surface area contributed by atoms with E-state index in [1.807, 2.05) is 4.90 Å². The van der Waals surface area contributed by atoms with Crippen molar-refractivity contribution in [3.63, 3.8) is 0 Å². The first-order valence-electron chi connectivity index (χ1n) is 7.73. The molecule has 5 heteroatoms. The molecule has 2 aliphatic heterocycles. The van der Waals surface area contributed by atoms with Crippen LogP contribution in [0.2, 0.25) is 0 Å². The molecular formula is C15H26N2O3. The predicted molar refractivity (Wildman–Crippen MR) is 76.4 cm³/mol. The second kappa shape index (κ2) is 6.57. The minimum atomic E-state index is -0.739. The zero-order chi connectivity index (χ0) is 14.6. The molecule has 1 amide bonds. The number of hydrogen-bond acceptors (Lipinski definition) is 3. The molecule has 2 heterocycles. The highest BCUT2D eigenvalue weighted by atomic mass is 16.4. The number of nitrogens with zero attached hydrogens (tertiary/aromatic N) is 1. The first-order valence-corrected chi connectivity index (χ1v) is 7.73. The highest BCUT2D eigenvalue weighted by molar-refractivity contribution is 5.82. The first-order chi connectivity index (χ1) is 9.51. The Morgan fingerprint density at radius 1 is 1.40 bits per heavy atom. The highest BCUT2D eigenvalue weighted by Crippen LogP contribution is 2.31. The molecule has 2 rings (SSSR count). The van der Waals surface area contributed by atoms with Gasteiger partial charge in [-0.2, -0.15) is 0 Å². The van der Waals surface area contributed by atoms with E-state index < -0.39 is 5.97 Å². The summed E-state index contributed by atoms with van der Waals surface area (Å²) in [4.78, 5) is 25.4. The summed E-state index contributed by atoms with van der Waals surface area (Å²) in [6.45, 7) is 5.40. The molecule has 0 saturated carbocycles. The van der Waals surface area contributed by atoms with E-state index in [2.05, 4.69) is 12.2 Å². The van der Waals surface area contributed by atoms with Crippen molar-refractivity contribution >= 4 is 11.9 Å². The van der Waals surface area contributed by atoms with Gasteiger partial charge in [0.2, 0.25) is 5.91 Å². The van der Waals surface area contributed by atoms with E-state index in [4.69, 9.17) is 5.11 Å². The Hall–Kier alpha value is -1.10. The summed E-state index contributed by atoms with van der Waals surface area (Å²) in [5.41, 5.74) is -0.271. The summed E-state index contributed by atoms with van der Waals surface area (Å²) in [7, 11) is 0. The number of nitrogens with one attached hydrogen (secondary N) is 1. The van der Waals surface area contributed by atoms with Gasteiger partial charge in [-0.25, -0.2) is 0 Å². The second-order valence-electron chi connectivity index (χ2n) is 6.53. The van der Waals surface area contributed by atoms with Gasteiger partial charge in [-0.05, 0) is 51.5 Å². The molecule has 0 spiro atoms. The van der Waals surface area contributed by atoms with Crippen molar-refractivity contribution in [1.82, 2.24) is 10.2 Å². The van der Waals surface area contributed by atoms with Crippen LogP contribution in [0.25, 0.3) is 0 Å². The number of carboxylic acid groups (broad SMARTS) is 1. The number of piperidine rings is 2. The molecule has 5 nitrogen and oxygen atoms in total. The van der Waals surface area contributed by atoms with E-state index in [9.17, 15) is 9.59 Å². The van der Waals surface area contributed by atoms with Crippen molar-refractivity contribution < 1.29 is 14.7 Å². The maximum absolute atomic E-state index is 12.7. The van der Waals surface area contributed by atoms with E-state index in [-0.39, 0.29) is 17.7 Å². The second-order valence-corrected chi connectivity index (χ2v) is 6.53. The smallest absolute Gasteiger partial charge is 0.303 e. The Bertz CT molecular complexity index is 364. The van der Waals surface area contributed by atoms with Crippen LogP contribution in [-0.2, 0) is 9.59 Å². The Labute approximate surface area is 120 Å². The summed E-state index contributed by atoms with van der Waals surface area (Å²) >= 11 is 0. The van der Waals surface area contributed by atoms with Gasteiger partial charge in [0, 0.05) is 26.1 Å². The highest BCUT2D eigenvalue weighted by Gasteiger charge is 2.39. The number of carbonyl (C=O) groups is 2. The van der Waals surface area contributed by atoms with Gasteiger partial charge in [-0.1, -0.05) is 0 Å². The van der Waals surface area contributed by atoms with Crippen LogP contribution in [-0.4, -0.2) is 48.1 Å². The molecule has 2 fully saturated rings. The first kappa shape index (κ1) is 15.3. The van der Waals surface area contributed by atoms with Crippen molar-refractivity contribution in [1.29, 1.82) is 0 Å². The predicted octanol–water partition coefficient (Wildman–Crippen LogP) is 1.48.